The third-order valence-corrected chi connectivity index (χ3v) is 4.54. The maximum atomic E-state index is 12.9. The lowest BCUT2D eigenvalue weighted by molar-refractivity contribution is -0.141. The molecule has 2 fully saturated rings. The normalized spacial score (nSPS) is 26.8. The number of imide groups is 1. The number of rotatable bonds is 3. The number of amides is 5. The molecule has 8 heteroatoms. The first kappa shape index (κ1) is 16.1. The van der Waals surface area contributed by atoms with Gasteiger partial charge in [-0.1, -0.05) is 12.1 Å². The highest BCUT2D eigenvalue weighted by molar-refractivity contribution is 6.00. The molecule has 3 rings (SSSR count). The van der Waals surface area contributed by atoms with E-state index < -0.39 is 30.2 Å². The molecule has 2 aliphatic heterocycles. The Morgan fingerprint density at radius 1 is 1.04 bits per heavy atom. The molecule has 0 radical (unpaired) electrons. The molecule has 3 unspecified atom stereocenters. The number of carbonyl (C=O) groups excluding carboxylic acids is 3. The standard InChI is InChI=1S/C16H20N4O4/c1-3-19-13-11(14(22)20(4-2)16(19)24)12(17-15(23)18-13)9-5-7-10(21)8-6-9/h5-8,11-13,21H,3-4H2,1-2H3,(H2,17,18,23). The van der Waals surface area contributed by atoms with Crippen LogP contribution in [0.4, 0.5) is 9.59 Å². The van der Waals surface area contributed by atoms with Crippen LogP contribution in [0.15, 0.2) is 24.3 Å². The topological polar surface area (TPSA) is 102 Å². The molecule has 5 amide bonds. The van der Waals surface area contributed by atoms with Gasteiger partial charge in [-0.3, -0.25) is 9.69 Å². The summed E-state index contributed by atoms with van der Waals surface area (Å²) >= 11 is 0. The summed E-state index contributed by atoms with van der Waals surface area (Å²) in [7, 11) is 0. The Balaban J connectivity index is 2.04. The van der Waals surface area contributed by atoms with Gasteiger partial charge < -0.3 is 20.6 Å². The summed E-state index contributed by atoms with van der Waals surface area (Å²) in [5, 5.41) is 14.9. The number of nitrogens with zero attached hydrogens (tertiary/aromatic N) is 2. The van der Waals surface area contributed by atoms with Gasteiger partial charge in [0.25, 0.3) is 0 Å². The molecule has 0 aromatic heterocycles. The number of benzene rings is 1. The first-order chi connectivity index (χ1) is 11.5. The van der Waals surface area contributed by atoms with E-state index in [0.29, 0.717) is 12.1 Å². The Hall–Kier alpha value is -2.77. The van der Waals surface area contributed by atoms with E-state index in [1.54, 1.807) is 19.1 Å². The van der Waals surface area contributed by atoms with Gasteiger partial charge in [-0.15, -0.1) is 0 Å². The summed E-state index contributed by atoms with van der Waals surface area (Å²) in [5.41, 5.74) is 0.701. The molecular weight excluding hydrogens is 312 g/mol. The zero-order valence-corrected chi connectivity index (χ0v) is 13.5. The van der Waals surface area contributed by atoms with Crippen molar-refractivity contribution in [3.8, 4) is 5.75 Å². The fourth-order valence-corrected chi connectivity index (χ4v) is 3.37. The van der Waals surface area contributed by atoms with E-state index in [-0.39, 0.29) is 18.2 Å². The zero-order valence-electron chi connectivity index (χ0n) is 13.5. The van der Waals surface area contributed by atoms with Crippen molar-refractivity contribution in [3.05, 3.63) is 29.8 Å². The average molecular weight is 332 g/mol. The third kappa shape index (κ3) is 2.44. The summed E-state index contributed by atoms with van der Waals surface area (Å²) in [6.07, 6.45) is -0.689. The van der Waals surface area contributed by atoms with Gasteiger partial charge in [0.1, 0.15) is 17.8 Å². The number of phenolic OH excluding ortho intramolecular Hbond substituents is 1. The average Bonchev–Trinajstić information content (AvgIpc) is 2.55. The van der Waals surface area contributed by atoms with Crippen LogP contribution < -0.4 is 10.6 Å². The highest BCUT2D eigenvalue weighted by atomic mass is 16.3. The van der Waals surface area contributed by atoms with Crippen molar-refractivity contribution in [3.63, 3.8) is 0 Å². The van der Waals surface area contributed by atoms with Crippen LogP contribution in [0.3, 0.4) is 0 Å². The van der Waals surface area contributed by atoms with Gasteiger partial charge >= 0.3 is 12.1 Å². The number of urea groups is 2. The summed E-state index contributed by atoms with van der Waals surface area (Å²) in [6, 6.07) is 4.94. The second-order valence-electron chi connectivity index (χ2n) is 5.81. The lowest BCUT2D eigenvalue weighted by Crippen LogP contribution is -2.72. The summed E-state index contributed by atoms with van der Waals surface area (Å²) in [4.78, 5) is 40.1. The van der Waals surface area contributed by atoms with E-state index >= 15 is 0 Å². The third-order valence-electron chi connectivity index (χ3n) is 4.54. The predicted molar refractivity (Wildman–Crippen MR) is 85.0 cm³/mol. The second-order valence-corrected chi connectivity index (χ2v) is 5.81. The van der Waals surface area contributed by atoms with Crippen LogP contribution in [-0.2, 0) is 4.79 Å². The van der Waals surface area contributed by atoms with Crippen LogP contribution in [0.2, 0.25) is 0 Å². The highest BCUT2D eigenvalue weighted by Crippen LogP contribution is 2.35. The minimum atomic E-state index is -0.689. The molecule has 8 nitrogen and oxygen atoms in total. The predicted octanol–water partition coefficient (Wildman–Crippen LogP) is 0.992. The fraction of sp³-hybridized carbons (Fsp3) is 0.438. The molecule has 0 saturated carbocycles. The van der Waals surface area contributed by atoms with Crippen LogP contribution in [0.5, 0.6) is 5.75 Å². The Kier molecular flexibility index (Phi) is 4.04. The molecule has 0 spiro atoms. The van der Waals surface area contributed by atoms with Gasteiger partial charge in [-0.05, 0) is 31.5 Å². The molecule has 2 saturated heterocycles. The molecule has 3 N–H and O–H groups in total. The lowest BCUT2D eigenvalue weighted by atomic mass is 9.85. The minimum Gasteiger partial charge on any atom is -0.508 e. The molecule has 24 heavy (non-hydrogen) atoms. The number of aromatic hydroxyl groups is 1. The van der Waals surface area contributed by atoms with Crippen molar-refractivity contribution in [1.82, 2.24) is 20.4 Å². The van der Waals surface area contributed by atoms with E-state index in [9.17, 15) is 19.5 Å². The Bertz CT molecular complexity index is 675. The maximum absolute atomic E-state index is 12.9. The van der Waals surface area contributed by atoms with Crippen LogP contribution >= 0.6 is 0 Å². The number of nitrogens with one attached hydrogen (secondary N) is 2. The Morgan fingerprint density at radius 3 is 2.29 bits per heavy atom. The number of hydrogen-bond acceptors (Lipinski definition) is 4. The van der Waals surface area contributed by atoms with Crippen LogP contribution in [0, 0.1) is 5.92 Å². The lowest BCUT2D eigenvalue weighted by Gasteiger charge is -2.49. The first-order valence-electron chi connectivity index (χ1n) is 7.95. The molecule has 2 heterocycles. The summed E-state index contributed by atoms with van der Waals surface area (Å²) in [5.74, 6) is -0.848. The van der Waals surface area contributed by atoms with Crippen molar-refractivity contribution >= 4 is 18.0 Å². The molecule has 1 aromatic rings. The van der Waals surface area contributed by atoms with Gasteiger partial charge in [-0.2, -0.15) is 0 Å². The molecule has 0 bridgehead atoms. The molecule has 128 valence electrons. The first-order valence-corrected chi connectivity index (χ1v) is 7.95. The van der Waals surface area contributed by atoms with Gasteiger partial charge in [0, 0.05) is 13.1 Å². The van der Waals surface area contributed by atoms with Crippen LogP contribution in [0.1, 0.15) is 25.5 Å². The monoisotopic (exact) mass is 332 g/mol. The van der Waals surface area contributed by atoms with Crippen molar-refractivity contribution in [2.24, 2.45) is 5.92 Å². The Labute approximate surface area is 139 Å². The molecule has 2 aliphatic rings. The quantitative estimate of drug-likeness (QED) is 0.768. The van der Waals surface area contributed by atoms with E-state index in [1.807, 2.05) is 6.92 Å². The van der Waals surface area contributed by atoms with E-state index in [4.69, 9.17) is 0 Å². The van der Waals surface area contributed by atoms with Crippen LogP contribution in [-0.4, -0.2) is 52.1 Å². The van der Waals surface area contributed by atoms with Gasteiger partial charge in [-0.25, -0.2) is 9.59 Å². The molecule has 3 atom stereocenters. The molecular formula is C16H20N4O4. The summed E-state index contributed by atoms with van der Waals surface area (Å²) in [6.45, 7) is 4.21. The zero-order chi connectivity index (χ0) is 17.4. The fourth-order valence-electron chi connectivity index (χ4n) is 3.37. The number of carbonyl (C=O) groups is 3. The largest absolute Gasteiger partial charge is 0.508 e. The van der Waals surface area contributed by atoms with E-state index in [2.05, 4.69) is 10.6 Å². The minimum absolute atomic E-state index is 0.103. The molecule has 1 aromatic carbocycles. The van der Waals surface area contributed by atoms with E-state index in [1.165, 1.54) is 21.9 Å². The molecule has 0 aliphatic carbocycles. The highest BCUT2D eigenvalue weighted by Gasteiger charge is 2.52. The SMILES string of the molecule is CCN1C(=O)C2C(c3ccc(O)cc3)NC(=O)NC2N(CC)C1=O. The number of fused-ring (bicyclic) bond motifs is 1. The van der Waals surface area contributed by atoms with Gasteiger partial charge in [0.05, 0.1) is 6.04 Å². The van der Waals surface area contributed by atoms with Crippen molar-refractivity contribution in [1.29, 1.82) is 0 Å². The second kappa shape index (κ2) is 6.03. The number of phenols is 1. The van der Waals surface area contributed by atoms with Gasteiger partial charge in [0.15, 0.2) is 0 Å². The number of hydrogen-bond donors (Lipinski definition) is 3. The van der Waals surface area contributed by atoms with Crippen molar-refractivity contribution in [2.75, 3.05) is 13.1 Å². The van der Waals surface area contributed by atoms with E-state index in [0.717, 1.165) is 0 Å². The maximum Gasteiger partial charge on any atom is 0.328 e. The Morgan fingerprint density at radius 2 is 1.71 bits per heavy atom. The summed E-state index contributed by atoms with van der Waals surface area (Å²) < 4.78 is 0. The van der Waals surface area contributed by atoms with Gasteiger partial charge in [0.2, 0.25) is 5.91 Å². The van der Waals surface area contributed by atoms with Crippen LogP contribution in [0.25, 0.3) is 0 Å². The van der Waals surface area contributed by atoms with Crippen molar-refractivity contribution < 1.29 is 19.5 Å². The smallest absolute Gasteiger partial charge is 0.328 e. The van der Waals surface area contributed by atoms with Crippen molar-refractivity contribution in [2.45, 2.75) is 26.1 Å².